The van der Waals surface area contributed by atoms with Crippen LogP contribution >= 0.6 is 0 Å². The number of nitrogens with one attached hydrogen (secondary N) is 1. The SMILES string of the molecule is CC(=O)CCCS(=O)(=O)NC(=O)CCCCCCCCCCCCCCCC1=NN=NC1. The number of nitrogens with zero attached hydrogens (tertiary/aromatic N) is 3. The molecule has 0 aromatic rings. The van der Waals surface area contributed by atoms with Gasteiger partial charge in [0.2, 0.25) is 15.9 Å². The third-order valence-electron chi connectivity index (χ3n) is 5.58. The molecule has 0 saturated carbocycles. The predicted octanol–water partition coefficient (Wildman–Crippen LogP) is 5.47. The molecule has 184 valence electrons. The van der Waals surface area contributed by atoms with Gasteiger partial charge in [0.25, 0.3) is 0 Å². The Balaban J connectivity index is 1.81. The highest BCUT2D eigenvalue weighted by Crippen LogP contribution is 2.14. The first-order valence-corrected chi connectivity index (χ1v) is 14.0. The Hall–Kier alpha value is -1.64. The van der Waals surface area contributed by atoms with E-state index in [1.54, 1.807) is 0 Å². The molecule has 0 fully saturated rings. The summed E-state index contributed by atoms with van der Waals surface area (Å²) >= 11 is 0. The molecule has 8 nitrogen and oxygen atoms in total. The van der Waals surface area contributed by atoms with E-state index in [4.69, 9.17) is 0 Å². The Morgan fingerprint density at radius 1 is 0.781 bits per heavy atom. The van der Waals surface area contributed by atoms with Crippen LogP contribution in [0.2, 0.25) is 0 Å². The lowest BCUT2D eigenvalue weighted by molar-refractivity contribution is -0.119. The van der Waals surface area contributed by atoms with Crippen LogP contribution in [0.25, 0.3) is 0 Å². The summed E-state index contributed by atoms with van der Waals surface area (Å²) in [6, 6.07) is 0. The lowest BCUT2D eigenvalue weighted by Gasteiger charge is -2.06. The molecular formula is C23H42N4O4S. The molecule has 1 aliphatic rings. The molecule has 1 N–H and O–H groups in total. The number of hydrogen-bond donors (Lipinski definition) is 1. The molecular weight excluding hydrogens is 428 g/mol. The summed E-state index contributed by atoms with van der Waals surface area (Å²) in [5, 5.41) is 11.5. The van der Waals surface area contributed by atoms with Crippen molar-refractivity contribution in [1.29, 1.82) is 0 Å². The van der Waals surface area contributed by atoms with Gasteiger partial charge in [0.1, 0.15) is 12.3 Å². The van der Waals surface area contributed by atoms with E-state index in [-0.39, 0.29) is 30.8 Å². The maximum atomic E-state index is 11.8. The maximum Gasteiger partial charge on any atom is 0.234 e. The summed E-state index contributed by atoms with van der Waals surface area (Å²) in [5.41, 5.74) is 1.12. The zero-order chi connectivity index (χ0) is 23.5. The molecule has 0 unspecified atom stereocenters. The van der Waals surface area contributed by atoms with Crippen molar-refractivity contribution in [3.63, 3.8) is 0 Å². The predicted molar refractivity (Wildman–Crippen MR) is 128 cm³/mol. The van der Waals surface area contributed by atoms with Gasteiger partial charge in [0.15, 0.2) is 0 Å². The molecule has 0 radical (unpaired) electrons. The minimum absolute atomic E-state index is 0.0437. The number of hydrogen-bond acceptors (Lipinski definition) is 7. The van der Waals surface area contributed by atoms with E-state index in [1.807, 2.05) is 0 Å². The highest BCUT2D eigenvalue weighted by Gasteiger charge is 2.14. The summed E-state index contributed by atoms with van der Waals surface area (Å²) in [4.78, 5) is 22.6. The minimum atomic E-state index is -3.61. The molecule has 0 bridgehead atoms. The van der Waals surface area contributed by atoms with Gasteiger partial charge in [-0.05, 0) is 37.8 Å². The normalized spacial score (nSPS) is 13.3. The van der Waals surface area contributed by atoms with Crippen molar-refractivity contribution in [2.24, 2.45) is 15.4 Å². The van der Waals surface area contributed by atoms with Gasteiger partial charge >= 0.3 is 0 Å². The summed E-state index contributed by atoms with van der Waals surface area (Å²) in [6.07, 6.45) is 17.2. The van der Waals surface area contributed by atoms with Gasteiger partial charge in [-0.1, -0.05) is 70.6 Å². The second kappa shape index (κ2) is 17.9. The van der Waals surface area contributed by atoms with Crippen LogP contribution in [0.3, 0.4) is 0 Å². The summed E-state index contributed by atoms with van der Waals surface area (Å²) < 4.78 is 25.6. The Labute approximate surface area is 194 Å². The van der Waals surface area contributed by atoms with Crippen molar-refractivity contribution in [1.82, 2.24) is 4.72 Å². The van der Waals surface area contributed by atoms with Gasteiger partial charge in [0, 0.05) is 12.8 Å². The topological polar surface area (TPSA) is 117 Å². The van der Waals surface area contributed by atoms with E-state index >= 15 is 0 Å². The van der Waals surface area contributed by atoms with Crippen molar-refractivity contribution in [2.45, 2.75) is 116 Å². The molecule has 1 amide bonds. The smallest absolute Gasteiger partial charge is 0.234 e. The Morgan fingerprint density at radius 3 is 1.81 bits per heavy atom. The molecule has 1 rings (SSSR count). The summed E-state index contributed by atoms with van der Waals surface area (Å²) in [5.74, 6) is -0.661. The molecule has 0 aromatic carbocycles. The van der Waals surface area contributed by atoms with E-state index in [9.17, 15) is 18.0 Å². The summed E-state index contributed by atoms with van der Waals surface area (Å²) in [7, 11) is -3.61. The van der Waals surface area contributed by atoms with E-state index in [2.05, 4.69) is 20.2 Å². The number of Topliss-reactive ketones (excluding diaryl/α,β-unsaturated/α-hetero) is 1. The van der Waals surface area contributed by atoms with Crippen LogP contribution in [0.5, 0.6) is 0 Å². The molecule has 0 aliphatic carbocycles. The maximum absolute atomic E-state index is 11.8. The minimum Gasteiger partial charge on any atom is -0.300 e. The fourth-order valence-corrected chi connectivity index (χ4v) is 4.79. The first-order chi connectivity index (χ1) is 15.4. The van der Waals surface area contributed by atoms with Crippen LogP contribution < -0.4 is 4.72 Å². The van der Waals surface area contributed by atoms with Gasteiger partial charge < -0.3 is 4.79 Å². The first-order valence-electron chi connectivity index (χ1n) is 12.3. The van der Waals surface area contributed by atoms with Crippen LogP contribution in [0.15, 0.2) is 15.4 Å². The largest absolute Gasteiger partial charge is 0.300 e. The number of unbranched alkanes of at least 4 members (excludes halogenated alkanes) is 12. The number of carbonyl (C=O) groups excluding carboxylic acids is 2. The van der Waals surface area contributed by atoms with Crippen LogP contribution in [-0.4, -0.2) is 38.1 Å². The highest BCUT2D eigenvalue weighted by molar-refractivity contribution is 7.90. The van der Waals surface area contributed by atoms with Gasteiger partial charge in [-0.25, -0.2) is 8.42 Å². The molecule has 32 heavy (non-hydrogen) atoms. The Kier molecular flexibility index (Phi) is 15.8. The molecule has 0 saturated heterocycles. The van der Waals surface area contributed by atoms with Crippen molar-refractivity contribution in [3.05, 3.63) is 0 Å². The number of amides is 1. The first kappa shape index (κ1) is 28.4. The zero-order valence-corrected chi connectivity index (χ0v) is 20.6. The quantitative estimate of drug-likeness (QED) is 0.224. The van der Waals surface area contributed by atoms with Gasteiger partial charge in [-0.15, -0.1) is 5.10 Å². The molecule has 0 spiro atoms. The van der Waals surface area contributed by atoms with E-state index in [1.165, 1.54) is 71.1 Å². The van der Waals surface area contributed by atoms with Crippen LogP contribution in [0.4, 0.5) is 0 Å². The van der Waals surface area contributed by atoms with Crippen LogP contribution in [0, 0.1) is 0 Å². The van der Waals surface area contributed by atoms with Crippen LogP contribution in [-0.2, 0) is 19.6 Å². The molecule has 1 heterocycles. The fourth-order valence-electron chi connectivity index (χ4n) is 3.71. The zero-order valence-electron chi connectivity index (χ0n) is 19.8. The van der Waals surface area contributed by atoms with Gasteiger partial charge in [0.05, 0.1) is 11.5 Å². The lowest BCUT2D eigenvalue weighted by Crippen LogP contribution is -2.32. The van der Waals surface area contributed by atoms with Crippen molar-refractivity contribution in [2.75, 3.05) is 12.3 Å². The van der Waals surface area contributed by atoms with Crippen molar-refractivity contribution in [3.8, 4) is 0 Å². The Morgan fingerprint density at radius 2 is 1.31 bits per heavy atom. The third-order valence-corrected chi connectivity index (χ3v) is 6.95. The second-order valence-corrected chi connectivity index (χ2v) is 10.6. The highest BCUT2D eigenvalue weighted by atomic mass is 32.2. The number of rotatable bonds is 21. The van der Waals surface area contributed by atoms with Crippen molar-refractivity contribution >= 4 is 27.4 Å². The Bertz CT molecular complexity index is 705. The number of ketones is 1. The number of carbonyl (C=O) groups is 2. The van der Waals surface area contributed by atoms with Crippen molar-refractivity contribution < 1.29 is 18.0 Å². The lowest BCUT2D eigenvalue weighted by atomic mass is 10.0. The number of sulfonamides is 1. The second-order valence-electron chi connectivity index (χ2n) is 8.80. The monoisotopic (exact) mass is 470 g/mol. The van der Waals surface area contributed by atoms with Crippen LogP contribution in [0.1, 0.15) is 116 Å². The molecule has 9 heteroatoms. The molecule has 1 aliphatic heterocycles. The van der Waals surface area contributed by atoms with E-state index in [0.29, 0.717) is 13.0 Å². The average Bonchev–Trinajstić information content (AvgIpc) is 3.23. The molecule has 0 aromatic heterocycles. The van der Waals surface area contributed by atoms with Gasteiger partial charge in [-0.2, -0.15) is 5.11 Å². The standard InChI is InChI=1S/C23H42N4O4S/c1-21(28)16-15-19-32(30,31)26-23(29)18-14-12-10-8-6-4-2-3-5-7-9-11-13-17-22-20-24-27-25-22/h2-20H2,1H3,(H,26,29). The molecule has 0 atom stereocenters. The summed E-state index contributed by atoms with van der Waals surface area (Å²) in [6.45, 7) is 2.13. The average molecular weight is 471 g/mol. The van der Waals surface area contributed by atoms with Gasteiger partial charge in [-0.3, -0.25) is 9.52 Å². The van der Waals surface area contributed by atoms with E-state index in [0.717, 1.165) is 25.0 Å². The fraction of sp³-hybridized carbons (Fsp3) is 0.870. The van der Waals surface area contributed by atoms with E-state index < -0.39 is 15.9 Å². The third kappa shape index (κ3) is 17.0.